The molecule has 1 N–H and O–H groups in total. The second kappa shape index (κ2) is 7.21. The van der Waals surface area contributed by atoms with Gasteiger partial charge in [0.2, 0.25) is 5.91 Å². The Bertz CT molecular complexity index is 636. The first kappa shape index (κ1) is 18.3. The molecule has 6 nitrogen and oxygen atoms in total. The van der Waals surface area contributed by atoms with Crippen molar-refractivity contribution in [2.45, 2.75) is 38.6 Å². The third kappa shape index (κ3) is 3.24. The summed E-state index contributed by atoms with van der Waals surface area (Å²) in [6.45, 7) is 3.85. The van der Waals surface area contributed by atoms with Crippen LogP contribution >= 0.6 is 0 Å². The fraction of sp³-hybridized carbons (Fsp3) is 0.556. The zero-order valence-electron chi connectivity index (χ0n) is 15.1. The Hall–Kier alpha value is -2.08. The van der Waals surface area contributed by atoms with Crippen molar-refractivity contribution in [2.24, 2.45) is 0 Å². The Labute approximate surface area is 143 Å². The van der Waals surface area contributed by atoms with E-state index in [0.29, 0.717) is 17.0 Å². The molecule has 0 unspecified atom stereocenters. The number of carbonyl (C=O) groups excluding carboxylic acids is 2. The normalized spacial score (nSPS) is 15.6. The Kier molecular flexibility index (Phi) is 5.49. The quantitative estimate of drug-likeness (QED) is 0.810. The molecule has 0 heterocycles. The molecule has 1 aliphatic carbocycles. The number of anilines is 1. The van der Waals surface area contributed by atoms with Crippen molar-refractivity contribution < 1.29 is 19.1 Å². The van der Waals surface area contributed by atoms with Gasteiger partial charge < -0.3 is 14.8 Å². The van der Waals surface area contributed by atoms with E-state index in [9.17, 15) is 9.59 Å². The molecular formula is C18H26N2O4. The van der Waals surface area contributed by atoms with Crippen LogP contribution in [0, 0.1) is 6.92 Å². The minimum atomic E-state index is -0.502. The molecule has 0 radical (unpaired) electrons. The molecule has 1 aliphatic rings. The highest BCUT2D eigenvalue weighted by molar-refractivity contribution is 6.05. The molecule has 1 aromatic rings. The zero-order valence-corrected chi connectivity index (χ0v) is 15.1. The van der Waals surface area contributed by atoms with E-state index in [1.807, 2.05) is 25.9 Å². The maximum absolute atomic E-state index is 12.9. The van der Waals surface area contributed by atoms with Crippen LogP contribution in [-0.2, 0) is 9.53 Å². The number of ether oxygens (including phenoxy) is 2. The van der Waals surface area contributed by atoms with Gasteiger partial charge in [0.15, 0.2) is 0 Å². The number of hydrogen-bond acceptors (Lipinski definition) is 5. The van der Waals surface area contributed by atoms with E-state index in [1.54, 1.807) is 19.1 Å². The van der Waals surface area contributed by atoms with Crippen LogP contribution in [0.5, 0.6) is 5.75 Å². The predicted molar refractivity (Wildman–Crippen MR) is 92.6 cm³/mol. The highest BCUT2D eigenvalue weighted by Crippen LogP contribution is 2.38. The lowest BCUT2D eigenvalue weighted by atomic mass is 9.75. The van der Waals surface area contributed by atoms with E-state index in [2.05, 4.69) is 5.32 Å². The molecule has 0 aromatic heterocycles. The number of hydrogen-bond donors (Lipinski definition) is 1. The molecular weight excluding hydrogens is 308 g/mol. The van der Waals surface area contributed by atoms with E-state index in [1.165, 1.54) is 7.11 Å². The van der Waals surface area contributed by atoms with Crippen molar-refractivity contribution in [1.29, 1.82) is 0 Å². The SMILES string of the molecule is CCOC(=O)c1cc(OC)cc(C)c1NC(=O)C1(N(C)C)CCC1. The third-order valence-electron chi connectivity index (χ3n) is 4.74. The fourth-order valence-electron chi connectivity index (χ4n) is 3.03. The smallest absolute Gasteiger partial charge is 0.340 e. The molecule has 6 heteroatoms. The number of nitrogens with zero attached hydrogens (tertiary/aromatic N) is 1. The van der Waals surface area contributed by atoms with Crippen LogP contribution in [0.3, 0.4) is 0 Å². The summed E-state index contributed by atoms with van der Waals surface area (Å²) in [5.41, 5.74) is 1.07. The molecule has 1 fully saturated rings. The maximum atomic E-state index is 12.9. The summed E-state index contributed by atoms with van der Waals surface area (Å²) < 4.78 is 10.4. The van der Waals surface area contributed by atoms with Gasteiger partial charge in [0.05, 0.1) is 25.0 Å². The van der Waals surface area contributed by atoms with Crippen molar-refractivity contribution >= 4 is 17.6 Å². The molecule has 132 valence electrons. The van der Waals surface area contributed by atoms with Crippen molar-refractivity contribution in [3.8, 4) is 5.75 Å². The van der Waals surface area contributed by atoms with Gasteiger partial charge >= 0.3 is 5.97 Å². The van der Waals surface area contributed by atoms with Crippen LogP contribution in [0.15, 0.2) is 12.1 Å². The summed E-state index contributed by atoms with van der Waals surface area (Å²) >= 11 is 0. The summed E-state index contributed by atoms with van der Waals surface area (Å²) in [6.07, 6.45) is 2.66. The number of esters is 1. The third-order valence-corrected chi connectivity index (χ3v) is 4.74. The van der Waals surface area contributed by atoms with E-state index < -0.39 is 11.5 Å². The van der Waals surface area contributed by atoms with E-state index in [4.69, 9.17) is 9.47 Å². The zero-order chi connectivity index (χ0) is 17.9. The number of nitrogens with one attached hydrogen (secondary N) is 1. The summed E-state index contributed by atoms with van der Waals surface area (Å²) in [4.78, 5) is 27.1. The second-order valence-electron chi connectivity index (χ2n) is 6.32. The maximum Gasteiger partial charge on any atom is 0.340 e. The van der Waals surface area contributed by atoms with E-state index in [-0.39, 0.29) is 12.5 Å². The Balaban J connectivity index is 2.38. The first-order chi connectivity index (χ1) is 11.4. The first-order valence-corrected chi connectivity index (χ1v) is 8.20. The molecule has 0 saturated heterocycles. The number of rotatable bonds is 6. The van der Waals surface area contributed by atoms with Crippen molar-refractivity contribution in [1.82, 2.24) is 4.90 Å². The summed E-state index contributed by atoms with van der Waals surface area (Å²) in [5, 5.41) is 2.96. The molecule has 1 saturated carbocycles. The van der Waals surface area contributed by atoms with Crippen molar-refractivity contribution in [3.63, 3.8) is 0 Å². The second-order valence-corrected chi connectivity index (χ2v) is 6.32. The van der Waals surface area contributed by atoms with Crippen LogP contribution in [0.2, 0.25) is 0 Å². The number of aryl methyl sites for hydroxylation is 1. The average molecular weight is 334 g/mol. The summed E-state index contributed by atoms with van der Waals surface area (Å²) in [7, 11) is 5.36. The molecule has 24 heavy (non-hydrogen) atoms. The fourth-order valence-corrected chi connectivity index (χ4v) is 3.03. The predicted octanol–water partition coefficient (Wildman–Crippen LogP) is 2.60. The number of methoxy groups -OCH3 is 1. The van der Waals surface area contributed by atoms with Crippen LogP contribution in [0.1, 0.15) is 42.1 Å². The van der Waals surface area contributed by atoms with Gasteiger partial charge in [0.25, 0.3) is 0 Å². The monoisotopic (exact) mass is 334 g/mol. The molecule has 0 spiro atoms. The molecule has 1 amide bonds. The Morgan fingerprint density at radius 1 is 1.29 bits per heavy atom. The summed E-state index contributed by atoms with van der Waals surface area (Å²) in [6, 6.07) is 3.39. The van der Waals surface area contributed by atoms with Gasteiger partial charge in [-0.15, -0.1) is 0 Å². The topological polar surface area (TPSA) is 67.9 Å². The molecule has 0 aliphatic heterocycles. The largest absolute Gasteiger partial charge is 0.497 e. The van der Waals surface area contributed by atoms with Crippen LogP contribution in [0.25, 0.3) is 0 Å². The Morgan fingerprint density at radius 2 is 1.96 bits per heavy atom. The van der Waals surface area contributed by atoms with Gasteiger partial charge in [0.1, 0.15) is 11.3 Å². The minimum Gasteiger partial charge on any atom is -0.497 e. The van der Waals surface area contributed by atoms with Gasteiger partial charge in [0, 0.05) is 0 Å². The van der Waals surface area contributed by atoms with Crippen LogP contribution < -0.4 is 10.1 Å². The lowest BCUT2D eigenvalue weighted by molar-refractivity contribution is -0.131. The lowest BCUT2D eigenvalue weighted by Gasteiger charge is -2.45. The van der Waals surface area contributed by atoms with Gasteiger partial charge in [-0.1, -0.05) is 0 Å². The molecule has 2 rings (SSSR count). The highest BCUT2D eigenvalue weighted by atomic mass is 16.5. The van der Waals surface area contributed by atoms with Crippen LogP contribution in [0.4, 0.5) is 5.69 Å². The first-order valence-electron chi connectivity index (χ1n) is 8.20. The summed E-state index contributed by atoms with van der Waals surface area (Å²) in [5.74, 6) is -0.000558. The van der Waals surface area contributed by atoms with Gasteiger partial charge in [-0.25, -0.2) is 4.79 Å². The van der Waals surface area contributed by atoms with Gasteiger partial charge in [-0.3, -0.25) is 9.69 Å². The molecule has 0 bridgehead atoms. The highest BCUT2D eigenvalue weighted by Gasteiger charge is 2.46. The van der Waals surface area contributed by atoms with Gasteiger partial charge in [-0.2, -0.15) is 0 Å². The number of likely N-dealkylation sites (N-methyl/N-ethyl adjacent to an activating group) is 1. The van der Waals surface area contributed by atoms with Crippen molar-refractivity contribution in [3.05, 3.63) is 23.3 Å². The number of carbonyl (C=O) groups is 2. The van der Waals surface area contributed by atoms with E-state index >= 15 is 0 Å². The number of benzene rings is 1. The van der Waals surface area contributed by atoms with Gasteiger partial charge in [-0.05, 0) is 64.9 Å². The minimum absolute atomic E-state index is 0.0856. The Morgan fingerprint density at radius 3 is 2.42 bits per heavy atom. The number of amides is 1. The van der Waals surface area contributed by atoms with Crippen molar-refractivity contribution in [2.75, 3.05) is 33.1 Å². The van der Waals surface area contributed by atoms with Crippen LogP contribution in [-0.4, -0.2) is 50.1 Å². The molecule has 0 atom stereocenters. The lowest BCUT2D eigenvalue weighted by Crippen LogP contribution is -2.58. The van der Waals surface area contributed by atoms with E-state index in [0.717, 1.165) is 24.8 Å². The average Bonchev–Trinajstić information content (AvgIpc) is 2.47. The standard InChI is InChI=1S/C18H26N2O4/c1-6-24-16(21)14-11-13(23-5)10-12(2)15(14)19-17(22)18(20(3)4)8-7-9-18/h10-11H,6-9H2,1-5H3,(H,19,22). The molecule has 1 aromatic carbocycles.